The highest BCUT2D eigenvalue weighted by Gasteiger charge is 2.31. The molecule has 92 valence electrons. The van der Waals surface area contributed by atoms with Crippen molar-refractivity contribution in [3.8, 4) is 0 Å². The van der Waals surface area contributed by atoms with Gasteiger partial charge in [0.05, 0.1) is 0 Å². The third-order valence-electron chi connectivity index (χ3n) is 3.51. The van der Waals surface area contributed by atoms with Gasteiger partial charge in [0.15, 0.2) is 0 Å². The van der Waals surface area contributed by atoms with Crippen molar-refractivity contribution in [1.82, 2.24) is 0 Å². The van der Waals surface area contributed by atoms with Gasteiger partial charge in [-0.2, -0.15) is 0 Å². The lowest BCUT2D eigenvalue weighted by molar-refractivity contribution is 0.180. The number of nitrogens with two attached hydrogens (primary N) is 1. The Hall–Kier alpha value is -1.16. The molecule has 1 aliphatic carbocycles. The van der Waals surface area contributed by atoms with Gasteiger partial charge < -0.3 is 11.1 Å². The van der Waals surface area contributed by atoms with Gasteiger partial charge in [-0.1, -0.05) is 25.6 Å². The van der Waals surface area contributed by atoms with Gasteiger partial charge in [-0.15, -0.1) is 0 Å². The van der Waals surface area contributed by atoms with Crippen LogP contribution in [0.1, 0.15) is 31.7 Å². The quantitative estimate of drug-likeness (QED) is 0.809. The molecule has 0 amide bonds. The van der Waals surface area contributed by atoms with Gasteiger partial charge in [-0.05, 0) is 36.5 Å². The molecule has 1 aromatic rings. The summed E-state index contributed by atoms with van der Waals surface area (Å²) >= 11 is 4.76. The van der Waals surface area contributed by atoms with Crippen molar-refractivity contribution in [3.05, 3.63) is 29.6 Å². The lowest BCUT2D eigenvalue weighted by Gasteiger charge is -2.38. The van der Waals surface area contributed by atoms with Crippen LogP contribution in [-0.4, -0.2) is 11.5 Å². The highest BCUT2D eigenvalue weighted by molar-refractivity contribution is 7.80. The monoisotopic (exact) mass is 252 g/mol. The van der Waals surface area contributed by atoms with E-state index >= 15 is 0 Å². The molecular formula is C13H17FN2S. The molecular weight excluding hydrogens is 235 g/mol. The van der Waals surface area contributed by atoms with Crippen LogP contribution < -0.4 is 11.1 Å². The van der Waals surface area contributed by atoms with Gasteiger partial charge in [-0.25, -0.2) is 4.39 Å². The summed E-state index contributed by atoms with van der Waals surface area (Å²) in [5.74, 6) is -0.360. The largest absolute Gasteiger partial charge is 0.389 e. The normalized spacial score (nSPS) is 17.3. The summed E-state index contributed by atoms with van der Waals surface area (Å²) in [5.41, 5.74) is 6.88. The van der Waals surface area contributed by atoms with Crippen molar-refractivity contribution in [3.63, 3.8) is 0 Å². The van der Waals surface area contributed by atoms with E-state index in [9.17, 15) is 4.39 Å². The molecule has 3 N–H and O–H groups in total. The second kappa shape index (κ2) is 4.61. The zero-order chi connectivity index (χ0) is 12.5. The fourth-order valence-corrected chi connectivity index (χ4v) is 2.26. The predicted molar refractivity (Wildman–Crippen MR) is 72.7 cm³/mol. The third-order valence-corrected chi connectivity index (χ3v) is 3.73. The maximum atomic E-state index is 13.6. The number of rotatable bonds is 4. The molecule has 2 rings (SSSR count). The number of hydrogen-bond acceptors (Lipinski definition) is 2. The van der Waals surface area contributed by atoms with Crippen LogP contribution in [0.3, 0.4) is 0 Å². The first-order valence-electron chi connectivity index (χ1n) is 5.83. The molecule has 17 heavy (non-hydrogen) atoms. The Balaban J connectivity index is 2.02. The molecule has 0 bridgehead atoms. The van der Waals surface area contributed by atoms with Crippen LogP contribution in [0.4, 0.5) is 10.1 Å². The number of benzene rings is 1. The van der Waals surface area contributed by atoms with Gasteiger partial charge in [0.2, 0.25) is 0 Å². The lowest BCUT2D eigenvalue weighted by Crippen LogP contribution is -2.33. The van der Waals surface area contributed by atoms with Gasteiger partial charge >= 0.3 is 0 Å². The molecule has 1 aromatic carbocycles. The molecule has 0 aromatic heterocycles. The summed E-state index contributed by atoms with van der Waals surface area (Å²) in [6.45, 7) is 3.14. The molecule has 4 heteroatoms. The second-order valence-corrected chi connectivity index (χ2v) is 5.52. The van der Waals surface area contributed by atoms with Crippen LogP contribution in [0.15, 0.2) is 18.2 Å². The van der Waals surface area contributed by atoms with Crippen molar-refractivity contribution >= 4 is 22.9 Å². The van der Waals surface area contributed by atoms with Crippen LogP contribution in [0.2, 0.25) is 0 Å². The summed E-state index contributed by atoms with van der Waals surface area (Å²) in [6, 6.07) is 4.90. The van der Waals surface area contributed by atoms with E-state index in [1.165, 1.54) is 25.3 Å². The van der Waals surface area contributed by atoms with E-state index in [1.807, 2.05) is 6.07 Å². The van der Waals surface area contributed by atoms with Gasteiger partial charge in [-0.3, -0.25) is 0 Å². The lowest BCUT2D eigenvalue weighted by atomic mass is 9.70. The molecule has 0 unspecified atom stereocenters. The fraction of sp³-hybridized carbons (Fsp3) is 0.462. The van der Waals surface area contributed by atoms with Crippen LogP contribution in [-0.2, 0) is 0 Å². The average Bonchev–Trinajstić information content (AvgIpc) is 2.23. The Morgan fingerprint density at radius 1 is 1.53 bits per heavy atom. The average molecular weight is 252 g/mol. The van der Waals surface area contributed by atoms with E-state index < -0.39 is 0 Å². The Bertz CT molecular complexity index is 441. The van der Waals surface area contributed by atoms with Crippen LogP contribution in [0.5, 0.6) is 0 Å². The summed E-state index contributed by atoms with van der Waals surface area (Å²) < 4.78 is 13.6. The van der Waals surface area contributed by atoms with Crippen LogP contribution >= 0.6 is 12.2 Å². The highest BCUT2D eigenvalue weighted by atomic mass is 32.1. The first kappa shape index (κ1) is 12.3. The molecule has 0 spiro atoms. The van der Waals surface area contributed by atoms with Gasteiger partial charge in [0.25, 0.3) is 0 Å². The minimum absolute atomic E-state index is 0.0972. The van der Waals surface area contributed by atoms with Crippen LogP contribution in [0.25, 0.3) is 0 Å². The zero-order valence-corrected chi connectivity index (χ0v) is 10.7. The maximum Gasteiger partial charge on any atom is 0.135 e. The van der Waals surface area contributed by atoms with E-state index in [2.05, 4.69) is 12.2 Å². The summed E-state index contributed by atoms with van der Waals surface area (Å²) in [7, 11) is 0. The van der Waals surface area contributed by atoms with Crippen molar-refractivity contribution in [2.24, 2.45) is 11.1 Å². The first-order chi connectivity index (χ1) is 8.00. The van der Waals surface area contributed by atoms with E-state index in [4.69, 9.17) is 18.0 Å². The molecule has 0 heterocycles. The van der Waals surface area contributed by atoms with Gasteiger partial charge in [0, 0.05) is 17.8 Å². The van der Waals surface area contributed by atoms with Gasteiger partial charge in [0.1, 0.15) is 10.8 Å². The Morgan fingerprint density at radius 2 is 2.24 bits per heavy atom. The molecule has 0 atom stereocenters. The van der Waals surface area contributed by atoms with Crippen molar-refractivity contribution in [1.29, 1.82) is 0 Å². The van der Waals surface area contributed by atoms with Crippen LogP contribution in [0, 0.1) is 11.2 Å². The molecule has 0 saturated heterocycles. The van der Waals surface area contributed by atoms with E-state index in [-0.39, 0.29) is 10.8 Å². The van der Waals surface area contributed by atoms with E-state index in [1.54, 1.807) is 6.07 Å². The fourth-order valence-electron chi connectivity index (χ4n) is 2.10. The van der Waals surface area contributed by atoms with Crippen molar-refractivity contribution < 1.29 is 4.39 Å². The summed E-state index contributed by atoms with van der Waals surface area (Å²) in [5, 5.41) is 3.27. The number of nitrogens with one attached hydrogen (secondary N) is 1. The Labute approximate surface area is 106 Å². The molecule has 2 nitrogen and oxygen atoms in total. The highest BCUT2D eigenvalue weighted by Crippen LogP contribution is 2.40. The molecule has 1 fully saturated rings. The number of anilines is 1. The summed E-state index contributed by atoms with van der Waals surface area (Å²) in [6.07, 6.45) is 3.79. The Morgan fingerprint density at radius 3 is 2.71 bits per heavy atom. The summed E-state index contributed by atoms with van der Waals surface area (Å²) in [4.78, 5) is 0.0972. The number of halogens is 1. The first-order valence-corrected chi connectivity index (χ1v) is 6.24. The minimum Gasteiger partial charge on any atom is -0.389 e. The molecule has 1 aliphatic rings. The second-order valence-electron chi connectivity index (χ2n) is 5.08. The number of thiocarbonyl (C=S) groups is 1. The predicted octanol–water partition coefficient (Wildman–Crippen LogP) is 3.06. The topological polar surface area (TPSA) is 38.0 Å². The smallest absolute Gasteiger partial charge is 0.135 e. The van der Waals surface area contributed by atoms with E-state index in [0.717, 1.165) is 12.2 Å². The molecule has 1 saturated carbocycles. The third kappa shape index (κ3) is 2.75. The molecule has 0 radical (unpaired) electrons. The van der Waals surface area contributed by atoms with Crippen molar-refractivity contribution in [2.45, 2.75) is 26.2 Å². The Kier molecular flexibility index (Phi) is 3.33. The zero-order valence-electron chi connectivity index (χ0n) is 9.92. The maximum absolute atomic E-state index is 13.6. The number of hydrogen-bond donors (Lipinski definition) is 2. The standard InChI is InChI=1S/C13H17FN2S/c1-13(5-2-6-13)8-16-9-3-4-10(12(15)17)11(14)7-9/h3-4,7,16H,2,5-6,8H2,1H3,(H2,15,17). The molecule has 0 aliphatic heterocycles. The minimum atomic E-state index is -0.360. The van der Waals surface area contributed by atoms with Crippen molar-refractivity contribution in [2.75, 3.05) is 11.9 Å². The SMILES string of the molecule is CC1(CNc2ccc(C(N)=S)c(F)c2)CCC1. The van der Waals surface area contributed by atoms with E-state index in [0.29, 0.717) is 11.0 Å².